The Balaban J connectivity index is 2.04. The van der Waals surface area contributed by atoms with Crippen LogP contribution in [0.5, 0.6) is 0 Å². The van der Waals surface area contributed by atoms with E-state index < -0.39 is 29.6 Å². The molecule has 29 heavy (non-hydrogen) atoms. The second kappa shape index (κ2) is 9.87. The second-order valence-electron chi connectivity index (χ2n) is 7.84. The van der Waals surface area contributed by atoms with Crippen LogP contribution in [0.3, 0.4) is 0 Å². The quantitative estimate of drug-likeness (QED) is 0.705. The number of esters is 1. The zero-order valence-corrected chi connectivity index (χ0v) is 17.3. The van der Waals surface area contributed by atoms with E-state index in [4.69, 9.17) is 4.74 Å². The van der Waals surface area contributed by atoms with Crippen LogP contribution in [0.1, 0.15) is 44.9 Å². The Morgan fingerprint density at radius 3 is 2.00 bits per heavy atom. The van der Waals surface area contributed by atoms with E-state index in [0.29, 0.717) is 5.56 Å². The van der Waals surface area contributed by atoms with Crippen LogP contribution in [0.25, 0.3) is 0 Å². The number of nitrogens with one attached hydrogen (secondary N) is 2. The number of carbonyl (C=O) groups is 3. The number of ether oxygens (including phenoxy) is 1. The van der Waals surface area contributed by atoms with Crippen molar-refractivity contribution in [2.24, 2.45) is 0 Å². The van der Waals surface area contributed by atoms with Gasteiger partial charge in [-0.2, -0.15) is 0 Å². The Labute approximate surface area is 171 Å². The third-order valence-corrected chi connectivity index (χ3v) is 4.04. The fourth-order valence-corrected chi connectivity index (χ4v) is 2.69. The topological polar surface area (TPSA) is 84.5 Å². The Kier molecular flexibility index (Phi) is 7.53. The molecule has 2 aromatic rings. The van der Waals surface area contributed by atoms with Crippen LogP contribution in [-0.4, -0.2) is 29.4 Å². The van der Waals surface area contributed by atoms with Gasteiger partial charge in [0.15, 0.2) is 6.04 Å². The molecule has 2 atom stereocenters. The van der Waals surface area contributed by atoms with Crippen molar-refractivity contribution in [3.05, 3.63) is 71.8 Å². The minimum atomic E-state index is -0.962. The first-order valence-corrected chi connectivity index (χ1v) is 9.57. The minimum absolute atomic E-state index is 0.173. The van der Waals surface area contributed by atoms with E-state index in [-0.39, 0.29) is 12.3 Å². The van der Waals surface area contributed by atoms with Gasteiger partial charge in [0.2, 0.25) is 11.8 Å². The van der Waals surface area contributed by atoms with Crippen molar-refractivity contribution in [2.75, 3.05) is 0 Å². The van der Waals surface area contributed by atoms with Crippen LogP contribution >= 0.6 is 0 Å². The predicted octanol–water partition coefficient (Wildman–Crippen LogP) is 2.93. The highest BCUT2D eigenvalue weighted by molar-refractivity contribution is 5.91. The normalized spacial score (nSPS) is 13.1. The molecule has 0 unspecified atom stereocenters. The molecule has 0 fully saturated rings. The molecule has 2 aromatic carbocycles. The summed E-state index contributed by atoms with van der Waals surface area (Å²) < 4.78 is 5.45. The smallest absolute Gasteiger partial charge is 0.333 e. The number of rotatable bonds is 7. The molecular weight excluding hydrogens is 368 g/mol. The van der Waals surface area contributed by atoms with Crippen LogP contribution in [0, 0.1) is 0 Å². The lowest BCUT2D eigenvalue weighted by Gasteiger charge is -2.26. The van der Waals surface area contributed by atoms with Gasteiger partial charge in [0.05, 0.1) is 6.42 Å². The van der Waals surface area contributed by atoms with Crippen molar-refractivity contribution in [3.8, 4) is 0 Å². The Morgan fingerprint density at radius 1 is 0.897 bits per heavy atom. The number of hydrogen-bond acceptors (Lipinski definition) is 4. The fraction of sp³-hybridized carbons (Fsp3) is 0.348. The van der Waals surface area contributed by atoms with Gasteiger partial charge in [0, 0.05) is 0 Å². The molecule has 0 saturated carbocycles. The largest absolute Gasteiger partial charge is 0.458 e. The summed E-state index contributed by atoms with van der Waals surface area (Å²) in [6.45, 7) is 6.87. The van der Waals surface area contributed by atoms with Crippen LogP contribution < -0.4 is 10.6 Å². The molecule has 0 aliphatic heterocycles. The third kappa shape index (κ3) is 7.41. The van der Waals surface area contributed by atoms with Gasteiger partial charge in [0.1, 0.15) is 11.6 Å². The van der Waals surface area contributed by atoms with E-state index in [1.54, 1.807) is 52.0 Å². The van der Waals surface area contributed by atoms with Crippen molar-refractivity contribution in [2.45, 2.75) is 51.8 Å². The predicted molar refractivity (Wildman–Crippen MR) is 111 cm³/mol. The van der Waals surface area contributed by atoms with Gasteiger partial charge in [0.25, 0.3) is 0 Å². The summed E-state index contributed by atoms with van der Waals surface area (Å²) in [6.07, 6.45) is 0.173. The van der Waals surface area contributed by atoms with Gasteiger partial charge >= 0.3 is 5.97 Å². The van der Waals surface area contributed by atoms with E-state index in [2.05, 4.69) is 10.6 Å². The summed E-state index contributed by atoms with van der Waals surface area (Å²) in [5, 5.41) is 5.37. The van der Waals surface area contributed by atoms with Crippen LogP contribution in [0.4, 0.5) is 0 Å². The van der Waals surface area contributed by atoms with Gasteiger partial charge in [-0.15, -0.1) is 0 Å². The molecule has 0 aromatic heterocycles. The van der Waals surface area contributed by atoms with Gasteiger partial charge in [-0.3, -0.25) is 9.59 Å². The lowest BCUT2D eigenvalue weighted by atomic mass is 10.1. The highest BCUT2D eigenvalue weighted by Gasteiger charge is 2.29. The number of hydrogen-bond donors (Lipinski definition) is 2. The molecule has 0 aliphatic carbocycles. The highest BCUT2D eigenvalue weighted by atomic mass is 16.6. The number of carbonyl (C=O) groups excluding carboxylic acids is 3. The van der Waals surface area contributed by atoms with Crippen LogP contribution in [-0.2, 0) is 25.5 Å². The molecule has 2 rings (SSSR count). The molecule has 6 nitrogen and oxygen atoms in total. The molecule has 0 bridgehead atoms. The summed E-state index contributed by atoms with van der Waals surface area (Å²) in [6, 6.07) is 16.4. The third-order valence-electron chi connectivity index (χ3n) is 4.04. The summed E-state index contributed by atoms with van der Waals surface area (Å²) in [7, 11) is 0. The van der Waals surface area contributed by atoms with Gasteiger partial charge < -0.3 is 15.4 Å². The van der Waals surface area contributed by atoms with Gasteiger partial charge in [-0.05, 0) is 38.8 Å². The summed E-state index contributed by atoms with van der Waals surface area (Å²) in [4.78, 5) is 37.5. The first kappa shape index (κ1) is 22.1. The SMILES string of the molecule is C[C@H](NC(=O)Cc1ccccc1)C(=O)N[C@H](C(=O)OC(C)(C)C)c1ccccc1. The first-order chi connectivity index (χ1) is 13.7. The van der Waals surface area contributed by atoms with E-state index in [0.717, 1.165) is 5.56 Å². The molecule has 154 valence electrons. The molecular formula is C23H28N2O4. The second-order valence-corrected chi connectivity index (χ2v) is 7.84. The van der Waals surface area contributed by atoms with E-state index in [1.165, 1.54) is 0 Å². The monoisotopic (exact) mass is 396 g/mol. The van der Waals surface area contributed by atoms with E-state index in [9.17, 15) is 14.4 Å². The standard InChI is InChI=1S/C23H28N2O4/c1-16(24-19(26)15-17-11-7-5-8-12-17)21(27)25-20(18-13-9-6-10-14-18)22(28)29-23(2,3)4/h5-14,16,20H,15H2,1-4H3,(H,24,26)(H,25,27)/t16-,20-/m0/s1. The fourth-order valence-electron chi connectivity index (χ4n) is 2.69. The molecule has 6 heteroatoms. The summed E-state index contributed by atoms with van der Waals surface area (Å²) >= 11 is 0. The number of benzene rings is 2. The molecule has 0 saturated heterocycles. The molecule has 0 spiro atoms. The van der Waals surface area contributed by atoms with Crippen molar-refractivity contribution >= 4 is 17.8 Å². The van der Waals surface area contributed by atoms with Crippen LogP contribution in [0.15, 0.2) is 60.7 Å². The van der Waals surface area contributed by atoms with E-state index >= 15 is 0 Å². The Hall–Kier alpha value is -3.15. The summed E-state index contributed by atoms with van der Waals surface area (Å²) in [5.41, 5.74) is 0.774. The molecule has 0 heterocycles. The van der Waals surface area contributed by atoms with E-state index in [1.807, 2.05) is 36.4 Å². The van der Waals surface area contributed by atoms with Crippen molar-refractivity contribution in [1.82, 2.24) is 10.6 Å². The lowest BCUT2D eigenvalue weighted by molar-refractivity contribution is -0.159. The van der Waals surface area contributed by atoms with Crippen molar-refractivity contribution < 1.29 is 19.1 Å². The zero-order chi connectivity index (χ0) is 21.4. The lowest BCUT2D eigenvalue weighted by Crippen LogP contribution is -2.48. The maximum atomic E-state index is 12.7. The van der Waals surface area contributed by atoms with Crippen molar-refractivity contribution in [1.29, 1.82) is 0 Å². The Bertz CT molecular complexity index is 829. The average molecular weight is 396 g/mol. The molecule has 2 N–H and O–H groups in total. The highest BCUT2D eigenvalue weighted by Crippen LogP contribution is 2.18. The zero-order valence-electron chi connectivity index (χ0n) is 17.3. The van der Waals surface area contributed by atoms with Crippen LogP contribution in [0.2, 0.25) is 0 Å². The average Bonchev–Trinajstić information content (AvgIpc) is 2.65. The summed E-state index contributed by atoms with van der Waals surface area (Å²) in [5.74, 6) is -1.29. The molecule has 2 amide bonds. The van der Waals surface area contributed by atoms with Gasteiger partial charge in [-0.25, -0.2) is 4.79 Å². The molecule has 0 aliphatic rings. The maximum absolute atomic E-state index is 12.7. The van der Waals surface area contributed by atoms with Crippen molar-refractivity contribution in [3.63, 3.8) is 0 Å². The minimum Gasteiger partial charge on any atom is -0.458 e. The molecule has 0 radical (unpaired) electrons. The van der Waals surface area contributed by atoms with Gasteiger partial charge in [-0.1, -0.05) is 60.7 Å². The number of amides is 2. The maximum Gasteiger partial charge on any atom is 0.333 e. The Morgan fingerprint density at radius 2 is 1.45 bits per heavy atom. The first-order valence-electron chi connectivity index (χ1n) is 9.57.